The van der Waals surface area contributed by atoms with E-state index in [1.165, 1.54) is 23.3 Å². The van der Waals surface area contributed by atoms with E-state index in [0.29, 0.717) is 0 Å². The Bertz CT molecular complexity index is 480. The maximum atomic E-state index is 11.1. The van der Waals surface area contributed by atoms with Crippen LogP contribution in [0.4, 0.5) is 0 Å². The average molecular weight is 278 g/mol. The van der Waals surface area contributed by atoms with E-state index in [0.717, 1.165) is 0 Å². The molecule has 0 amide bonds. The van der Waals surface area contributed by atoms with Gasteiger partial charge in [0.15, 0.2) is 5.66 Å². The summed E-state index contributed by atoms with van der Waals surface area (Å²) in [4.78, 5) is 43.3. The molecule has 2 unspecified atom stereocenters. The first kappa shape index (κ1) is 14.4. The summed E-state index contributed by atoms with van der Waals surface area (Å²) in [5.41, 5.74) is -2.29. The second-order valence-corrected chi connectivity index (χ2v) is 5.31. The molecule has 0 radical (unpaired) electrons. The van der Waals surface area contributed by atoms with Crippen LogP contribution in [0.15, 0.2) is 18.7 Å². The quantitative estimate of drug-likeness (QED) is 0.494. The van der Waals surface area contributed by atoms with Gasteiger partial charge in [-0.3, -0.25) is 14.2 Å². The minimum absolute atomic E-state index is 0.391. The topological polar surface area (TPSA) is 150 Å². The van der Waals surface area contributed by atoms with Gasteiger partial charge in [-0.25, -0.2) is 4.98 Å². The Morgan fingerprint density at radius 2 is 1.89 bits per heavy atom. The van der Waals surface area contributed by atoms with Crippen molar-refractivity contribution in [2.45, 2.75) is 12.2 Å². The van der Waals surface area contributed by atoms with Gasteiger partial charge >= 0.3 is 19.5 Å². The van der Waals surface area contributed by atoms with Crippen molar-refractivity contribution in [1.29, 1.82) is 0 Å². The van der Waals surface area contributed by atoms with Crippen LogP contribution in [0.3, 0.4) is 0 Å². The van der Waals surface area contributed by atoms with Crippen LogP contribution in [0.2, 0.25) is 0 Å². The third-order valence-corrected chi connectivity index (χ3v) is 3.59. The van der Waals surface area contributed by atoms with Crippen LogP contribution in [0.1, 0.15) is 0 Å². The molecule has 1 aromatic heterocycles. The van der Waals surface area contributed by atoms with Crippen LogP contribution < -0.4 is 0 Å². The molecule has 0 aliphatic heterocycles. The van der Waals surface area contributed by atoms with Crippen molar-refractivity contribution in [3.63, 3.8) is 0 Å². The largest absolute Gasteiger partial charge is 0.481 e. The van der Waals surface area contributed by atoms with Gasteiger partial charge in [0.05, 0.1) is 12.2 Å². The fourth-order valence-electron chi connectivity index (χ4n) is 1.49. The Balaban J connectivity index is 3.06. The minimum atomic E-state index is -5.07. The second kappa shape index (κ2) is 5.30. The summed E-state index contributed by atoms with van der Waals surface area (Å²) in [6.07, 6.45) is 3.94. The first-order valence-corrected chi connectivity index (χ1v) is 6.38. The lowest BCUT2D eigenvalue weighted by Crippen LogP contribution is -2.37. The lowest BCUT2D eigenvalue weighted by molar-refractivity contribution is -0.148. The molecule has 4 N–H and O–H groups in total. The van der Waals surface area contributed by atoms with E-state index in [9.17, 15) is 14.2 Å². The lowest BCUT2D eigenvalue weighted by Gasteiger charge is -2.21. The molecule has 0 aliphatic carbocycles. The molecule has 0 saturated carbocycles. The van der Waals surface area contributed by atoms with E-state index in [4.69, 9.17) is 20.0 Å². The molecule has 10 heteroatoms. The highest BCUT2D eigenvalue weighted by atomic mass is 31.2. The SMILES string of the molecule is O=C(O)C(Cn1ccnc1)C(C(=O)O)P(=O)(O)O. The molecule has 0 aliphatic rings. The maximum Gasteiger partial charge on any atom is 0.340 e. The number of imidazole rings is 1. The lowest BCUT2D eigenvalue weighted by atomic mass is 10.1. The van der Waals surface area contributed by atoms with E-state index in [2.05, 4.69) is 4.98 Å². The van der Waals surface area contributed by atoms with Crippen molar-refractivity contribution in [1.82, 2.24) is 9.55 Å². The molecular weight excluding hydrogens is 267 g/mol. The molecule has 0 bridgehead atoms. The van der Waals surface area contributed by atoms with Gasteiger partial charge in [-0.2, -0.15) is 0 Å². The van der Waals surface area contributed by atoms with E-state index in [1.807, 2.05) is 0 Å². The van der Waals surface area contributed by atoms with Gasteiger partial charge in [0.25, 0.3) is 0 Å². The summed E-state index contributed by atoms with van der Waals surface area (Å²) in [6.45, 7) is -0.391. The van der Waals surface area contributed by atoms with Gasteiger partial charge in [-0.1, -0.05) is 0 Å². The Hall–Kier alpha value is -1.70. The summed E-state index contributed by atoms with van der Waals surface area (Å²) >= 11 is 0. The van der Waals surface area contributed by atoms with Crippen molar-refractivity contribution < 1.29 is 34.2 Å². The standard InChI is InChI=1S/C8H11N2O7P/c11-7(12)5(3-10-2-1-9-4-10)6(8(13)14)18(15,16)17/h1-2,4-6H,3H2,(H,11,12)(H,13,14)(H2,15,16,17). The van der Waals surface area contributed by atoms with Crippen molar-refractivity contribution in [2.75, 3.05) is 0 Å². The molecule has 18 heavy (non-hydrogen) atoms. The highest BCUT2D eigenvalue weighted by molar-refractivity contribution is 7.53. The molecule has 1 rings (SSSR count). The second-order valence-electron chi connectivity index (χ2n) is 3.58. The van der Waals surface area contributed by atoms with Gasteiger partial charge in [-0.15, -0.1) is 0 Å². The van der Waals surface area contributed by atoms with Crippen molar-refractivity contribution in [2.24, 2.45) is 5.92 Å². The molecule has 2 atom stereocenters. The third kappa shape index (κ3) is 3.39. The zero-order valence-corrected chi connectivity index (χ0v) is 9.84. The number of rotatable bonds is 6. The number of hydrogen-bond acceptors (Lipinski definition) is 4. The van der Waals surface area contributed by atoms with Gasteiger partial charge in [0.1, 0.15) is 0 Å². The van der Waals surface area contributed by atoms with Gasteiger partial charge in [0, 0.05) is 18.9 Å². The number of aromatic nitrogens is 2. The number of carboxylic acid groups (broad SMARTS) is 2. The number of carboxylic acids is 2. The monoisotopic (exact) mass is 278 g/mol. The van der Waals surface area contributed by atoms with Crippen molar-refractivity contribution >= 4 is 19.5 Å². The minimum Gasteiger partial charge on any atom is -0.481 e. The number of aliphatic carboxylic acids is 2. The predicted octanol–water partition coefficient (Wildman–Crippen LogP) is -0.785. The average Bonchev–Trinajstić information content (AvgIpc) is 2.66. The van der Waals surface area contributed by atoms with Gasteiger partial charge in [-0.05, 0) is 0 Å². The molecule has 0 spiro atoms. The summed E-state index contributed by atoms with van der Waals surface area (Å²) in [6, 6.07) is 0. The first-order valence-electron chi connectivity index (χ1n) is 4.70. The highest BCUT2D eigenvalue weighted by Gasteiger charge is 2.46. The highest BCUT2D eigenvalue weighted by Crippen LogP contribution is 2.45. The van der Waals surface area contributed by atoms with Crippen LogP contribution in [-0.4, -0.2) is 47.1 Å². The number of nitrogens with zero attached hydrogens (tertiary/aromatic N) is 2. The van der Waals surface area contributed by atoms with Crippen LogP contribution in [0.25, 0.3) is 0 Å². The Morgan fingerprint density at radius 3 is 2.22 bits per heavy atom. The van der Waals surface area contributed by atoms with Gasteiger partial charge in [0.2, 0.25) is 0 Å². The molecule has 0 aromatic carbocycles. The molecular formula is C8H11N2O7P. The molecule has 1 aromatic rings. The zero-order chi connectivity index (χ0) is 13.9. The van der Waals surface area contributed by atoms with Crippen LogP contribution in [0, 0.1) is 5.92 Å². The van der Waals surface area contributed by atoms with E-state index >= 15 is 0 Å². The van der Waals surface area contributed by atoms with E-state index in [-0.39, 0.29) is 0 Å². The Labute approximate surface area is 101 Å². The molecule has 9 nitrogen and oxygen atoms in total. The van der Waals surface area contributed by atoms with Crippen LogP contribution >= 0.6 is 7.60 Å². The molecule has 0 fully saturated rings. The first-order chi connectivity index (χ1) is 8.23. The summed E-state index contributed by atoms with van der Waals surface area (Å²) < 4.78 is 12.3. The molecule has 0 saturated heterocycles. The molecule has 1 heterocycles. The summed E-state index contributed by atoms with van der Waals surface area (Å²) in [7, 11) is -5.07. The smallest absolute Gasteiger partial charge is 0.340 e. The zero-order valence-electron chi connectivity index (χ0n) is 8.95. The van der Waals surface area contributed by atoms with E-state index < -0.39 is 37.7 Å². The van der Waals surface area contributed by atoms with Crippen molar-refractivity contribution in [3.8, 4) is 0 Å². The summed E-state index contributed by atoms with van der Waals surface area (Å²) in [5.74, 6) is -5.20. The van der Waals surface area contributed by atoms with Gasteiger partial charge < -0.3 is 24.6 Å². The normalized spacial score (nSPS) is 15.0. The predicted molar refractivity (Wildman–Crippen MR) is 56.8 cm³/mol. The number of carbonyl (C=O) groups is 2. The Morgan fingerprint density at radius 1 is 1.28 bits per heavy atom. The third-order valence-electron chi connectivity index (χ3n) is 2.28. The fraction of sp³-hybridized carbons (Fsp3) is 0.375. The van der Waals surface area contributed by atoms with E-state index in [1.54, 1.807) is 0 Å². The van der Waals surface area contributed by atoms with Crippen molar-refractivity contribution in [3.05, 3.63) is 18.7 Å². The Kier molecular flexibility index (Phi) is 4.23. The van der Waals surface area contributed by atoms with Crippen LogP contribution in [-0.2, 0) is 20.7 Å². The fourth-order valence-corrected chi connectivity index (χ4v) is 2.46. The van der Waals surface area contributed by atoms with Crippen LogP contribution in [0.5, 0.6) is 0 Å². The summed E-state index contributed by atoms with van der Waals surface area (Å²) in [5, 5.41) is 17.7. The number of hydrogen-bond donors (Lipinski definition) is 4. The maximum absolute atomic E-state index is 11.1. The molecule has 100 valence electrons.